The Labute approximate surface area is 116 Å². The number of carbonyl (C=O) groups excluding carboxylic acids is 2. The van der Waals surface area contributed by atoms with E-state index in [9.17, 15) is 23.1 Å². The van der Waals surface area contributed by atoms with Crippen LogP contribution in [0.4, 0.5) is 5.69 Å². The Morgan fingerprint density at radius 1 is 1.25 bits per heavy atom. The molecule has 0 saturated carbocycles. The molecule has 0 radical (unpaired) electrons. The van der Waals surface area contributed by atoms with E-state index in [1.807, 2.05) is 0 Å². The number of primary sulfonamides is 1. The van der Waals surface area contributed by atoms with Crippen LogP contribution in [-0.4, -0.2) is 20.3 Å². The van der Waals surface area contributed by atoms with Crippen LogP contribution in [-0.2, 0) is 19.6 Å². The topological polar surface area (TPSA) is 129 Å². The van der Waals surface area contributed by atoms with Crippen molar-refractivity contribution in [1.82, 2.24) is 0 Å². The minimum Gasteiger partial charge on any atom is -0.550 e. The predicted molar refractivity (Wildman–Crippen MR) is 69.8 cm³/mol. The molecular weight excluding hydrogens is 284 g/mol. The molecule has 0 aliphatic rings. The quantitative estimate of drug-likeness (QED) is 0.727. The van der Waals surface area contributed by atoms with Crippen LogP contribution >= 0.6 is 0 Å². The van der Waals surface area contributed by atoms with Crippen molar-refractivity contribution in [2.45, 2.75) is 24.7 Å². The van der Waals surface area contributed by atoms with Gasteiger partial charge in [0.15, 0.2) is 0 Å². The van der Waals surface area contributed by atoms with Gasteiger partial charge in [0.05, 0.1) is 4.90 Å². The number of anilines is 1. The van der Waals surface area contributed by atoms with Crippen LogP contribution in [0.5, 0.6) is 0 Å². The first kappa shape index (κ1) is 16.1. The van der Waals surface area contributed by atoms with Gasteiger partial charge in [-0.1, -0.05) is 6.92 Å². The smallest absolute Gasteiger partial charge is 0.238 e. The first-order valence-corrected chi connectivity index (χ1v) is 7.35. The fraction of sp³-hybridized carbons (Fsp3) is 0.333. The maximum atomic E-state index is 11.6. The Morgan fingerprint density at radius 2 is 1.80 bits per heavy atom. The van der Waals surface area contributed by atoms with E-state index in [2.05, 4.69) is 5.32 Å². The van der Waals surface area contributed by atoms with E-state index in [1.165, 1.54) is 24.3 Å². The Balaban J connectivity index is 2.61. The van der Waals surface area contributed by atoms with Crippen molar-refractivity contribution in [1.29, 1.82) is 0 Å². The molecule has 1 amide bonds. The molecule has 0 aromatic heterocycles. The predicted octanol–water partition coefficient (Wildman–Crippen LogP) is -0.561. The summed E-state index contributed by atoms with van der Waals surface area (Å²) in [7, 11) is -3.77. The number of aliphatic carboxylic acids is 1. The molecule has 0 bridgehead atoms. The monoisotopic (exact) mass is 299 g/mol. The van der Waals surface area contributed by atoms with Crippen LogP contribution in [0.25, 0.3) is 0 Å². The number of amides is 1. The number of carbonyl (C=O) groups is 2. The van der Waals surface area contributed by atoms with Gasteiger partial charge in [-0.25, -0.2) is 13.6 Å². The van der Waals surface area contributed by atoms with Gasteiger partial charge in [0.1, 0.15) is 0 Å². The molecule has 0 aliphatic carbocycles. The van der Waals surface area contributed by atoms with Gasteiger partial charge in [-0.15, -0.1) is 0 Å². The van der Waals surface area contributed by atoms with E-state index in [0.717, 1.165) is 0 Å². The molecule has 0 heterocycles. The van der Waals surface area contributed by atoms with Gasteiger partial charge in [0.25, 0.3) is 0 Å². The molecule has 0 unspecified atom stereocenters. The molecule has 0 fully saturated rings. The molecule has 0 aliphatic heterocycles. The van der Waals surface area contributed by atoms with Gasteiger partial charge >= 0.3 is 0 Å². The third-order valence-electron chi connectivity index (χ3n) is 2.52. The first-order chi connectivity index (χ1) is 9.18. The van der Waals surface area contributed by atoms with Crippen LogP contribution in [0, 0.1) is 5.92 Å². The van der Waals surface area contributed by atoms with Gasteiger partial charge < -0.3 is 15.2 Å². The maximum absolute atomic E-state index is 11.6. The van der Waals surface area contributed by atoms with Crippen molar-refractivity contribution in [2.24, 2.45) is 11.1 Å². The lowest BCUT2D eigenvalue weighted by Crippen LogP contribution is -2.26. The lowest BCUT2D eigenvalue weighted by molar-refractivity contribution is -0.306. The minimum atomic E-state index is -3.77. The first-order valence-electron chi connectivity index (χ1n) is 5.81. The van der Waals surface area contributed by atoms with E-state index in [-0.39, 0.29) is 29.6 Å². The van der Waals surface area contributed by atoms with Crippen LogP contribution < -0.4 is 15.6 Å². The molecule has 1 aromatic rings. The summed E-state index contributed by atoms with van der Waals surface area (Å²) in [6.45, 7) is 1.62. The minimum absolute atomic E-state index is 0.0327. The van der Waals surface area contributed by atoms with Crippen molar-refractivity contribution in [3.8, 4) is 0 Å². The number of carboxylic acid groups (broad SMARTS) is 1. The molecular formula is C12H15N2O5S-. The normalized spacial score (nSPS) is 12.7. The van der Waals surface area contributed by atoms with Gasteiger partial charge in [0, 0.05) is 18.1 Å². The van der Waals surface area contributed by atoms with E-state index in [1.54, 1.807) is 6.92 Å². The van der Waals surface area contributed by atoms with Crippen molar-refractivity contribution < 1.29 is 23.1 Å². The lowest BCUT2D eigenvalue weighted by Gasteiger charge is -2.12. The van der Waals surface area contributed by atoms with Crippen molar-refractivity contribution in [2.75, 3.05) is 5.32 Å². The number of rotatable bonds is 6. The number of carboxylic acids is 1. The highest BCUT2D eigenvalue weighted by Crippen LogP contribution is 2.14. The summed E-state index contributed by atoms with van der Waals surface area (Å²) in [5.41, 5.74) is 0.406. The summed E-state index contributed by atoms with van der Waals surface area (Å²) in [6, 6.07) is 5.35. The average Bonchev–Trinajstić information content (AvgIpc) is 2.26. The molecule has 20 heavy (non-hydrogen) atoms. The number of nitrogens with two attached hydrogens (primary N) is 1. The Hall–Kier alpha value is -1.93. The Kier molecular flexibility index (Phi) is 5.23. The fourth-order valence-corrected chi connectivity index (χ4v) is 2.13. The maximum Gasteiger partial charge on any atom is 0.238 e. The molecule has 110 valence electrons. The molecule has 8 heteroatoms. The summed E-state index contributed by atoms with van der Waals surface area (Å²) < 4.78 is 22.1. The number of hydrogen-bond acceptors (Lipinski definition) is 5. The Bertz CT molecular complexity index is 595. The van der Waals surface area contributed by atoms with Crippen molar-refractivity contribution in [3.05, 3.63) is 24.3 Å². The van der Waals surface area contributed by atoms with E-state index >= 15 is 0 Å². The SMILES string of the molecule is C[C@@H](CC(=O)[O-])CC(=O)Nc1ccc(S(N)(=O)=O)cc1. The number of nitrogens with one attached hydrogen (secondary N) is 1. The average molecular weight is 299 g/mol. The molecule has 1 atom stereocenters. The number of hydrogen-bond donors (Lipinski definition) is 2. The zero-order valence-electron chi connectivity index (χ0n) is 10.8. The van der Waals surface area contributed by atoms with Crippen LogP contribution in [0.3, 0.4) is 0 Å². The second-order valence-corrected chi connectivity index (χ2v) is 6.06. The Morgan fingerprint density at radius 3 is 2.25 bits per heavy atom. The summed E-state index contributed by atoms with van der Waals surface area (Å²) in [6.07, 6.45) is -0.164. The van der Waals surface area contributed by atoms with Gasteiger partial charge in [-0.2, -0.15) is 0 Å². The summed E-state index contributed by atoms with van der Waals surface area (Å²) in [5.74, 6) is -1.91. The highest BCUT2D eigenvalue weighted by atomic mass is 32.2. The van der Waals surface area contributed by atoms with E-state index < -0.39 is 16.0 Å². The number of benzene rings is 1. The summed E-state index contributed by atoms with van der Waals surface area (Å²) in [4.78, 5) is 21.9. The third-order valence-corrected chi connectivity index (χ3v) is 3.44. The summed E-state index contributed by atoms with van der Waals surface area (Å²) >= 11 is 0. The van der Waals surface area contributed by atoms with Crippen LogP contribution in [0.2, 0.25) is 0 Å². The lowest BCUT2D eigenvalue weighted by atomic mass is 10.0. The highest BCUT2D eigenvalue weighted by Gasteiger charge is 2.11. The molecule has 1 rings (SSSR count). The van der Waals surface area contributed by atoms with E-state index in [0.29, 0.717) is 5.69 Å². The molecule has 7 nitrogen and oxygen atoms in total. The van der Waals surface area contributed by atoms with Gasteiger partial charge in [-0.3, -0.25) is 4.79 Å². The summed E-state index contributed by atoms with van der Waals surface area (Å²) in [5, 5.41) is 17.8. The molecule has 3 N–H and O–H groups in total. The fourth-order valence-electron chi connectivity index (χ4n) is 1.61. The zero-order chi connectivity index (χ0) is 15.3. The molecule has 0 spiro atoms. The largest absolute Gasteiger partial charge is 0.550 e. The third kappa shape index (κ3) is 5.37. The molecule has 1 aromatic carbocycles. The van der Waals surface area contributed by atoms with Crippen LogP contribution in [0.15, 0.2) is 29.2 Å². The van der Waals surface area contributed by atoms with E-state index in [4.69, 9.17) is 5.14 Å². The molecule has 0 saturated heterocycles. The van der Waals surface area contributed by atoms with Crippen molar-refractivity contribution >= 4 is 27.6 Å². The van der Waals surface area contributed by atoms with Gasteiger partial charge in [0.2, 0.25) is 15.9 Å². The van der Waals surface area contributed by atoms with Crippen LogP contribution in [0.1, 0.15) is 19.8 Å². The zero-order valence-corrected chi connectivity index (χ0v) is 11.6. The van der Waals surface area contributed by atoms with Gasteiger partial charge in [-0.05, 0) is 36.6 Å². The van der Waals surface area contributed by atoms with Crippen molar-refractivity contribution in [3.63, 3.8) is 0 Å². The highest BCUT2D eigenvalue weighted by molar-refractivity contribution is 7.89. The second-order valence-electron chi connectivity index (χ2n) is 4.50. The number of sulfonamides is 1. The standard InChI is InChI=1S/C12H16N2O5S/c1-8(7-12(16)17)6-11(15)14-9-2-4-10(5-3-9)20(13,18)19/h2-5,8H,6-7H2,1H3,(H,14,15)(H,16,17)(H2,13,18,19)/p-1/t8-/m1/s1. The second kappa shape index (κ2) is 6.49.